The molecule has 154 valence electrons. The molecule has 1 aliphatic rings. The summed E-state index contributed by atoms with van der Waals surface area (Å²) >= 11 is 1.79. The van der Waals surface area contributed by atoms with E-state index in [-0.39, 0.29) is 17.9 Å². The van der Waals surface area contributed by atoms with E-state index in [1.807, 2.05) is 31.2 Å². The molecule has 0 spiro atoms. The van der Waals surface area contributed by atoms with Crippen LogP contribution in [0.4, 0.5) is 5.69 Å². The molecule has 30 heavy (non-hydrogen) atoms. The first-order chi connectivity index (χ1) is 14.7. The van der Waals surface area contributed by atoms with Crippen LogP contribution in [0.1, 0.15) is 39.3 Å². The van der Waals surface area contributed by atoms with Gasteiger partial charge in [0.25, 0.3) is 5.91 Å². The lowest BCUT2D eigenvalue weighted by molar-refractivity contribution is -0.117. The first-order valence-corrected chi connectivity index (χ1v) is 11.1. The van der Waals surface area contributed by atoms with Gasteiger partial charge in [-0.2, -0.15) is 0 Å². The average Bonchev–Trinajstić information content (AvgIpc) is 3.23. The maximum Gasteiger partial charge on any atom is 0.251 e. The van der Waals surface area contributed by atoms with Gasteiger partial charge in [0.1, 0.15) is 0 Å². The Hall–Kier alpha value is -2.96. The van der Waals surface area contributed by atoms with Gasteiger partial charge in [-0.3, -0.25) is 14.5 Å². The smallest absolute Gasteiger partial charge is 0.251 e. The summed E-state index contributed by atoms with van der Waals surface area (Å²) in [7, 11) is 0. The van der Waals surface area contributed by atoms with Crippen LogP contribution in [0, 0.1) is 0 Å². The maximum absolute atomic E-state index is 12.9. The lowest BCUT2D eigenvalue weighted by atomic mass is 9.93. The lowest BCUT2D eigenvalue weighted by Crippen LogP contribution is -2.40. The third-order valence-corrected chi connectivity index (χ3v) is 6.27. The normalized spacial score (nSPS) is 16.0. The molecule has 0 saturated heterocycles. The second-order valence-electron chi connectivity index (χ2n) is 7.32. The number of nitrogens with one attached hydrogen (secondary N) is 2. The molecular formula is C24H25N3O2S. The van der Waals surface area contributed by atoms with Crippen LogP contribution in [0.3, 0.4) is 0 Å². The van der Waals surface area contributed by atoms with Gasteiger partial charge in [-0.05, 0) is 54.1 Å². The van der Waals surface area contributed by atoms with Crippen LogP contribution in [0.2, 0.25) is 0 Å². The van der Waals surface area contributed by atoms with Crippen molar-refractivity contribution in [2.75, 3.05) is 25.0 Å². The van der Waals surface area contributed by atoms with Crippen LogP contribution in [0.5, 0.6) is 0 Å². The second kappa shape index (κ2) is 9.24. The van der Waals surface area contributed by atoms with Crippen molar-refractivity contribution in [1.29, 1.82) is 0 Å². The molecule has 2 heterocycles. The Morgan fingerprint density at radius 2 is 1.93 bits per heavy atom. The van der Waals surface area contributed by atoms with Crippen molar-refractivity contribution < 1.29 is 9.59 Å². The molecule has 5 nitrogen and oxygen atoms in total. The Morgan fingerprint density at radius 1 is 1.10 bits per heavy atom. The standard InChI is InChI=1S/C24H25N3O2S/c1-2-25-24(29)18-9-6-10-19(15-18)26-22(28)16-27-13-11-21-20(12-14-30-21)23(27)17-7-4-3-5-8-17/h3-10,12,14-15,23H,2,11,13,16H2,1H3,(H,25,29)(H,26,28)/t23-/m1/s1. The predicted molar refractivity (Wildman–Crippen MR) is 121 cm³/mol. The number of carbonyl (C=O) groups is 2. The van der Waals surface area contributed by atoms with Crippen LogP contribution in [0.15, 0.2) is 66.0 Å². The molecule has 2 N–H and O–H groups in total. The number of anilines is 1. The number of carbonyl (C=O) groups excluding carboxylic acids is 2. The Balaban J connectivity index is 1.50. The fourth-order valence-electron chi connectivity index (χ4n) is 3.95. The fraction of sp³-hybridized carbons (Fsp3) is 0.250. The molecular weight excluding hydrogens is 394 g/mol. The molecule has 2 aromatic carbocycles. The fourth-order valence-corrected chi connectivity index (χ4v) is 4.85. The number of nitrogens with zero attached hydrogens (tertiary/aromatic N) is 1. The molecule has 6 heteroatoms. The number of fused-ring (bicyclic) bond motifs is 1. The quantitative estimate of drug-likeness (QED) is 0.633. The number of benzene rings is 2. The summed E-state index contributed by atoms with van der Waals surface area (Å²) in [5, 5.41) is 7.87. The lowest BCUT2D eigenvalue weighted by Gasteiger charge is -2.35. The molecule has 0 unspecified atom stereocenters. The minimum atomic E-state index is -0.140. The van der Waals surface area contributed by atoms with Gasteiger partial charge < -0.3 is 10.6 Å². The number of rotatable bonds is 6. The maximum atomic E-state index is 12.9. The van der Waals surface area contributed by atoms with Crippen molar-refractivity contribution in [3.63, 3.8) is 0 Å². The van der Waals surface area contributed by atoms with Crippen LogP contribution in [0.25, 0.3) is 0 Å². The van der Waals surface area contributed by atoms with Gasteiger partial charge in [-0.25, -0.2) is 0 Å². The summed E-state index contributed by atoms with van der Waals surface area (Å²) in [6.45, 7) is 3.57. The molecule has 1 aliphatic heterocycles. The highest BCUT2D eigenvalue weighted by molar-refractivity contribution is 7.10. The summed E-state index contributed by atoms with van der Waals surface area (Å²) in [5.41, 5.74) is 3.66. The molecule has 0 saturated carbocycles. The van der Waals surface area contributed by atoms with Gasteiger partial charge in [0.2, 0.25) is 5.91 Å². The molecule has 1 atom stereocenters. The van der Waals surface area contributed by atoms with Gasteiger partial charge in [-0.1, -0.05) is 36.4 Å². The monoisotopic (exact) mass is 419 g/mol. The Labute approximate surface area is 180 Å². The highest BCUT2D eigenvalue weighted by Gasteiger charge is 2.30. The zero-order valence-corrected chi connectivity index (χ0v) is 17.7. The van der Waals surface area contributed by atoms with Gasteiger partial charge >= 0.3 is 0 Å². The summed E-state index contributed by atoms with van der Waals surface area (Å²) < 4.78 is 0. The molecule has 0 aliphatic carbocycles. The molecule has 0 fully saturated rings. The van der Waals surface area contributed by atoms with E-state index in [9.17, 15) is 9.59 Å². The highest BCUT2D eigenvalue weighted by atomic mass is 32.1. The average molecular weight is 420 g/mol. The van der Waals surface area contributed by atoms with Crippen LogP contribution < -0.4 is 10.6 Å². The number of hydrogen-bond acceptors (Lipinski definition) is 4. The summed E-state index contributed by atoms with van der Waals surface area (Å²) in [6, 6.07) is 19.6. The Kier molecular flexibility index (Phi) is 6.26. The van der Waals surface area contributed by atoms with Crippen molar-refractivity contribution in [2.24, 2.45) is 0 Å². The topological polar surface area (TPSA) is 61.4 Å². The molecule has 3 aromatic rings. The van der Waals surface area contributed by atoms with E-state index >= 15 is 0 Å². The minimum absolute atomic E-state index is 0.0774. The van der Waals surface area contributed by atoms with Crippen LogP contribution in [-0.4, -0.2) is 36.3 Å². The van der Waals surface area contributed by atoms with Crippen molar-refractivity contribution in [2.45, 2.75) is 19.4 Å². The third-order valence-electron chi connectivity index (χ3n) is 5.27. The van der Waals surface area contributed by atoms with Crippen LogP contribution in [-0.2, 0) is 11.2 Å². The van der Waals surface area contributed by atoms with Crippen LogP contribution >= 0.6 is 11.3 Å². The first-order valence-electron chi connectivity index (χ1n) is 10.2. The Morgan fingerprint density at radius 3 is 2.73 bits per heavy atom. The molecule has 4 rings (SSSR count). The summed E-state index contributed by atoms with van der Waals surface area (Å²) in [5.74, 6) is -0.221. The zero-order valence-electron chi connectivity index (χ0n) is 16.9. The Bertz CT molecular complexity index is 1030. The molecule has 1 aromatic heterocycles. The van der Waals surface area contributed by atoms with Crippen molar-refractivity contribution in [1.82, 2.24) is 10.2 Å². The van der Waals surface area contributed by atoms with E-state index in [0.717, 1.165) is 13.0 Å². The molecule has 0 radical (unpaired) electrons. The van der Waals surface area contributed by atoms with Gasteiger partial charge in [-0.15, -0.1) is 11.3 Å². The van der Waals surface area contributed by atoms with E-state index in [0.29, 0.717) is 24.3 Å². The number of amides is 2. The van der Waals surface area contributed by atoms with Gasteiger partial charge in [0.05, 0.1) is 12.6 Å². The highest BCUT2D eigenvalue weighted by Crippen LogP contribution is 2.37. The summed E-state index contributed by atoms with van der Waals surface area (Å²) in [6.07, 6.45) is 0.955. The van der Waals surface area contributed by atoms with E-state index in [1.54, 1.807) is 29.5 Å². The number of hydrogen-bond donors (Lipinski definition) is 2. The summed E-state index contributed by atoms with van der Waals surface area (Å²) in [4.78, 5) is 28.6. The SMILES string of the molecule is CCNC(=O)c1cccc(NC(=O)CN2CCc3sccc3[C@H]2c2ccccc2)c1. The van der Waals surface area contributed by atoms with Gasteiger partial charge in [0.15, 0.2) is 0 Å². The van der Waals surface area contributed by atoms with Crippen molar-refractivity contribution >= 4 is 28.8 Å². The van der Waals surface area contributed by atoms with E-state index < -0.39 is 0 Å². The zero-order chi connectivity index (χ0) is 20.9. The van der Waals surface area contributed by atoms with Gasteiger partial charge in [0, 0.05) is 29.2 Å². The van der Waals surface area contributed by atoms with E-state index in [2.05, 4.69) is 39.1 Å². The minimum Gasteiger partial charge on any atom is -0.352 e. The van der Waals surface area contributed by atoms with E-state index in [4.69, 9.17) is 0 Å². The van der Waals surface area contributed by atoms with Crippen molar-refractivity contribution in [3.05, 3.63) is 87.6 Å². The number of thiophene rings is 1. The molecule has 0 bridgehead atoms. The third kappa shape index (κ3) is 4.45. The first kappa shape index (κ1) is 20.3. The second-order valence-corrected chi connectivity index (χ2v) is 8.32. The van der Waals surface area contributed by atoms with Crippen molar-refractivity contribution in [3.8, 4) is 0 Å². The molecule has 2 amide bonds. The van der Waals surface area contributed by atoms with E-state index in [1.165, 1.54) is 16.0 Å². The largest absolute Gasteiger partial charge is 0.352 e. The predicted octanol–water partition coefficient (Wildman–Crippen LogP) is 4.08.